The predicted octanol–water partition coefficient (Wildman–Crippen LogP) is 3.16. The Bertz CT molecular complexity index is 620. The molecule has 0 atom stereocenters. The molecule has 2 aromatic rings. The van der Waals surface area contributed by atoms with Crippen LogP contribution in [0.1, 0.15) is 21.5 Å². The van der Waals surface area contributed by atoms with Gasteiger partial charge in [-0.3, -0.25) is 4.79 Å². The number of amides is 1. The van der Waals surface area contributed by atoms with E-state index in [1.54, 1.807) is 18.0 Å². The van der Waals surface area contributed by atoms with Crippen LogP contribution in [0.15, 0.2) is 42.5 Å². The smallest absolute Gasteiger partial charge is 0.258 e. The third-order valence-electron chi connectivity index (χ3n) is 3.44. The second-order valence-electron chi connectivity index (χ2n) is 4.67. The summed E-state index contributed by atoms with van der Waals surface area (Å²) in [5.74, 6) is -0.0425. The predicted molar refractivity (Wildman–Crippen MR) is 79.5 cm³/mol. The molecule has 0 heterocycles. The summed E-state index contributed by atoms with van der Waals surface area (Å²) < 4.78 is 0. The van der Waals surface area contributed by atoms with Crippen molar-refractivity contribution in [2.75, 3.05) is 17.7 Å². The molecule has 0 bridgehead atoms. The monoisotopic (exact) mass is 254 g/mol. The van der Waals surface area contributed by atoms with Crippen LogP contribution in [-0.2, 0) is 0 Å². The maximum atomic E-state index is 12.5. The summed E-state index contributed by atoms with van der Waals surface area (Å²) in [6.45, 7) is 3.97. The number of para-hydroxylation sites is 2. The highest BCUT2D eigenvalue weighted by Gasteiger charge is 2.17. The van der Waals surface area contributed by atoms with Gasteiger partial charge in [-0.1, -0.05) is 24.3 Å². The lowest BCUT2D eigenvalue weighted by molar-refractivity contribution is 0.0992. The van der Waals surface area contributed by atoms with Crippen molar-refractivity contribution in [3.05, 3.63) is 59.2 Å². The minimum Gasteiger partial charge on any atom is -0.397 e. The summed E-state index contributed by atoms with van der Waals surface area (Å²) in [6.07, 6.45) is 0. The molecule has 0 aliphatic carbocycles. The average molecular weight is 254 g/mol. The highest BCUT2D eigenvalue weighted by atomic mass is 16.2. The second-order valence-corrected chi connectivity index (χ2v) is 4.67. The number of carbonyl (C=O) groups is 1. The molecule has 0 fully saturated rings. The first kappa shape index (κ1) is 13.1. The minimum atomic E-state index is -0.0425. The molecule has 0 aromatic heterocycles. The Hall–Kier alpha value is -2.29. The lowest BCUT2D eigenvalue weighted by Crippen LogP contribution is -2.27. The van der Waals surface area contributed by atoms with Gasteiger partial charge in [0.15, 0.2) is 0 Å². The van der Waals surface area contributed by atoms with Crippen molar-refractivity contribution in [1.29, 1.82) is 0 Å². The van der Waals surface area contributed by atoms with Crippen molar-refractivity contribution >= 4 is 17.3 Å². The zero-order valence-electron chi connectivity index (χ0n) is 11.5. The molecule has 0 saturated carbocycles. The molecule has 2 N–H and O–H groups in total. The van der Waals surface area contributed by atoms with Gasteiger partial charge in [0.05, 0.1) is 11.4 Å². The molecular weight excluding hydrogens is 236 g/mol. The maximum absolute atomic E-state index is 12.5. The van der Waals surface area contributed by atoms with Gasteiger partial charge in [0.25, 0.3) is 5.91 Å². The first-order valence-electron chi connectivity index (χ1n) is 6.21. The molecule has 19 heavy (non-hydrogen) atoms. The lowest BCUT2D eigenvalue weighted by atomic mass is 10.0. The number of carbonyl (C=O) groups excluding carboxylic acids is 1. The quantitative estimate of drug-likeness (QED) is 0.837. The molecular formula is C16H18N2O. The Morgan fingerprint density at radius 2 is 1.74 bits per heavy atom. The van der Waals surface area contributed by atoms with Crippen molar-refractivity contribution in [2.24, 2.45) is 0 Å². The second kappa shape index (κ2) is 5.14. The van der Waals surface area contributed by atoms with Crippen LogP contribution in [0.4, 0.5) is 11.4 Å². The van der Waals surface area contributed by atoms with E-state index in [1.807, 2.05) is 50.2 Å². The summed E-state index contributed by atoms with van der Waals surface area (Å²) in [5, 5.41) is 0. The SMILES string of the molecule is Cc1cccc(C(=O)N(C)c2ccccc2N)c1C. The molecule has 2 rings (SSSR count). The fourth-order valence-corrected chi connectivity index (χ4v) is 2.07. The van der Waals surface area contributed by atoms with Crippen molar-refractivity contribution < 1.29 is 4.79 Å². The van der Waals surface area contributed by atoms with Crippen molar-refractivity contribution in [1.82, 2.24) is 0 Å². The first-order chi connectivity index (χ1) is 9.02. The van der Waals surface area contributed by atoms with Crippen LogP contribution in [0.25, 0.3) is 0 Å². The Balaban J connectivity index is 2.40. The van der Waals surface area contributed by atoms with Crippen LogP contribution in [0, 0.1) is 13.8 Å². The molecule has 3 heteroatoms. The fourth-order valence-electron chi connectivity index (χ4n) is 2.07. The van der Waals surface area contributed by atoms with E-state index < -0.39 is 0 Å². The Morgan fingerprint density at radius 1 is 1.05 bits per heavy atom. The molecule has 1 amide bonds. The van der Waals surface area contributed by atoms with E-state index in [2.05, 4.69) is 0 Å². The number of benzene rings is 2. The fraction of sp³-hybridized carbons (Fsp3) is 0.188. The van der Waals surface area contributed by atoms with Gasteiger partial charge in [0.2, 0.25) is 0 Å². The van der Waals surface area contributed by atoms with E-state index in [-0.39, 0.29) is 5.91 Å². The van der Waals surface area contributed by atoms with E-state index in [1.165, 1.54) is 0 Å². The van der Waals surface area contributed by atoms with E-state index in [4.69, 9.17) is 5.73 Å². The van der Waals surface area contributed by atoms with E-state index in [0.717, 1.165) is 16.8 Å². The highest BCUT2D eigenvalue weighted by molar-refractivity contribution is 6.08. The van der Waals surface area contributed by atoms with Gasteiger partial charge in [0.1, 0.15) is 0 Å². The Kier molecular flexibility index (Phi) is 3.56. The molecule has 0 saturated heterocycles. The van der Waals surface area contributed by atoms with Crippen LogP contribution in [0.5, 0.6) is 0 Å². The van der Waals surface area contributed by atoms with Gasteiger partial charge in [-0.05, 0) is 43.2 Å². The molecule has 0 spiro atoms. The molecule has 0 unspecified atom stereocenters. The normalized spacial score (nSPS) is 10.3. The topological polar surface area (TPSA) is 46.3 Å². The molecule has 0 aliphatic rings. The van der Waals surface area contributed by atoms with Gasteiger partial charge < -0.3 is 10.6 Å². The Morgan fingerprint density at radius 3 is 2.42 bits per heavy atom. The number of nitrogens with zero attached hydrogens (tertiary/aromatic N) is 1. The molecule has 2 aromatic carbocycles. The molecule has 0 aliphatic heterocycles. The van der Waals surface area contributed by atoms with Crippen LogP contribution < -0.4 is 10.6 Å². The zero-order chi connectivity index (χ0) is 14.0. The van der Waals surface area contributed by atoms with Gasteiger partial charge in [0, 0.05) is 12.6 Å². The van der Waals surface area contributed by atoms with Crippen molar-refractivity contribution in [2.45, 2.75) is 13.8 Å². The number of hydrogen-bond acceptors (Lipinski definition) is 2. The average Bonchev–Trinajstić information content (AvgIpc) is 2.41. The summed E-state index contributed by atoms with van der Waals surface area (Å²) in [6, 6.07) is 13.1. The van der Waals surface area contributed by atoms with Crippen LogP contribution in [0.2, 0.25) is 0 Å². The molecule has 0 radical (unpaired) electrons. The van der Waals surface area contributed by atoms with Crippen LogP contribution >= 0.6 is 0 Å². The largest absolute Gasteiger partial charge is 0.397 e. The summed E-state index contributed by atoms with van der Waals surface area (Å²) >= 11 is 0. The van der Waals surface area contributed by atoms with Crippen molar-refractivity contribution in [3.63, 3.8) is 0 Å². The van der Waals surface area contributed by atoms with Gasteiger partial charge in [-0.2, -0.15) is 0 Å². The minimum absolute atomic E-state index is 0.0425. The number of nitrogen functional groups attached to an aromatic ring is 1. The standard InChI is InChI=1S/C16H18N2O/c1-11-7-6-8-13(12(11)2)16(19)18(3)15-10-5-4-9-14(15)17/h4-10H,17H2,1-3H3. The number of nitrogens with two attached hydrogens (primary N) is 1. The number of hydrogen-bond donors (Lipinski definition) is 1. The third-order valence-corrected chi connectivity index (χ3v) is 3.44. The van der Waals surface area contributed by atoms with E-state index in [9.17, 15) is 4.79 Å². The highest BCUT2D eigenvalue weighted by Crippen LogP contribution is 2.24. The van der Waals surface area contributed by atoms with E-state index >= 15 is 0 Å². The third kappa shape index (κ3) is 2.45. The summed E-state index contributed by atoms with van der Waals surface area (Å²) in [7, 11) is 1.75. The number of anilines is 2. The summed E-state index contributed by atoms with van der Waals surface area (Å²) in [4.78, 5) is 14.1. The van der Waals surface area contributed by atoms with Crippen LogP contribution in [-0.4, -0.2) is 13.0 Å². The lowest BCUT2D eigenvalue weighted by Gasteiger charge is -2.20. The first-order valence-corrected chi connectivity index (χ1v) is 6.21. The summed E-state index contributed by atoms with van der Waals surface area (Å²) in [5.41, 5.74) is 10.1. The van der Waals surface area contributed by atoms with Crippen LogP contribution in [0.3, 0.4) is 0 Å². The zero-order valence-corrected chi connectivity index (χ0v) is 11.5. The van der Waals surface area contributed by atoms with Gasteiger partial charge >= 0.3 is 0 Å². The molecule has 98 valence electrons. The van der Waals surface area contributed by atoms with Gasteiger partial charge in [-0.25, -0.2) is 0 Å². The Labute approximate surface area is 113 Å². The maximum Gasteiger partial charge on any atom is 0.258 e. The van der Waals surface area contributed by atoms with Gasteiger partial charge in [-0.15, -0.1) is 0 Å². The van der Waals surface area contributed by atoms with Crippen molar-refractivity contribution in [3.8, 4) is 0 Å². The number of aryl methyl sites for hydroxylation is 1. The molecule has 3 nitrogen and oxygen atoms in total. The number of rotatable bonds is 2. The van der Waals surface area contributed by atoms with E-state index in [0.29, 0.717) is 11.3 Å².